The zero-order chi connectivity index (χ0) is 14.4. The van der Waals surface area contributed by atoms with Gasteiger partial charge in [0, 0.05) is 18.2 Å². The van der Waals surface area contributed by atoms with Gasteiger partial charge in [0.15, 0.2) is 11.6 Å². The van der Waals surface area contributed by atoms with E-state index in [1.807, 2.05) is 13.8 Å². The Morgan fingerprint density at radius 1 is 1.37 bits per heavy atom. The number of nitrogens with one attached hydrogen (secondary N) is 2. The fraction of sp³-hybridized carbons (Fsp3) is 0.500. The number of ether oxygens (including phenoxy) is 1. The van der Waals surface area contributed by atoms with Gasteiger partial charge in [-0.3, -0.25) is 4.79 Å². The van der Waals surface area contributed by atoms with Gasteiger partial charge in [-0.25, -0.2) is 4.39 Å². The van der Waals surface area contributed by atoms with E-state index in [0.29, 0.717) is 5.56 Å². The molecule has 19 heavy (non-hydrogen) atoms. The van der Waals surface area contributed by atoms with Crippen LogP contribution in [0.15, 0.2) is 18.2 Å². The Bertz CT molecular complexity index is 435. The average Bonchev–Trinajstić information content (AvgIpc) is 2.36. The summed E-state index contributed by atoms with van der Waals surface area (Å²) < 4.78 is 18.8. The molecule has 1 rings (SSSR count). The molecule has 0 aromatic heterocycles. The van der Waals surface area contributed by atoms with Crippen LogP contribution in [-0.4, -0.2) is 25.1 Å². The third-order valence-electron chi connectivity index (χ3n) is 2.69. The third kappa shape index (κ3) is 4.52. The average molecular weight is 268 g/mol. The van der Waals surface area contributed by atoms with E-state index in [4.69, 9.17) is 4.74 Å². The maximum Gasteiger partial charge on any atom is 0.237 e. The molecule has 1 amide bonds. The summed E-state index contributed by atoms with van der Waals surface area (Å²) in [5, 5.41) is 5.78. The molecule has 0 saturated heterocycles. The Kier molecular flexibility index (Phi) is 5.76. The van der Waals surface area contributed by atoms with E-state index >= 15 is 0 Å². The first-order chi connectivity index (χ1) is 8.95. The van der Waals surface area contributed by atoms with Crippen LogP contribution >= 0.6 is 0 Å². The van der Waals surface area contributed by atoms with Crippen LogP contribution in [0, 0.1) is 5.82 Å². The monoisotopic (exact) mass is 268 g/mol. The van der Waals surface area contributed by atoms with E-state index in [1.165, 1.54) is 7.11 Å². The van der Waals surface area contributed by atoms with Gasteiger partial charge >= 0.3 is 0 Å². The molecule has 0 aliphatic carbocycles. The van der Waals surface area contributed by atoms with E-state index in [-0.39, 0.29) is 30.3 Å². The van der Waals surface area contributed by atoms with Crippen molar-refractivity contribution in [2.45, 2.75) is 39.4 Å². The molecule has 5 heteroatoms. The molecule has 0 aliphatic rings. The molecule has 1 unspecified atom stereocenters. The van der Waals surface area contributed by atoms with Crippen LogP contribution in [0.4, 0.5) is 4.39 Å². The van der Waals surface area contributed by atoms with Gasteiger partial charge in [0.05, 0.1) is 13.2 Å². The van der Waals surface area contributed by atoms with Crippen LogP contribution in [-0.2, 0) is 11.3 Å². The molecule has 0 heterocycles. The quantitative estimate of drug-likeness (QED) is 0.827. The smallest absolute Gasteiger partial charge is 0.237 e. The molecule has 0 spiro atoms. The number of amides is 1. The summed E-state index contributed by atoms with van der Waals surface area (Å²) in [6.07, 6.45) is 0. The molecular weight excluding hydrogens is 247 g/mol. The minimum atomic E-state index is -0.394. The predicted molar refractivity (Wildman–Crippen MR) is 72.5 cm³/mol. The van der Waals surface area contributed by atoms with Gasteiger partial charge in [0.1, 0.15) is 0 Å². The molecule has 0 aliphatic heterocycles. The number of halogens is 1. The predicted octanol–water partition coefficient (Wildman–Crippen LogP) is 1.84. The van der Waals surface area contributed by atoms with Crippen molar-refractivity contribution in [3.05, 3.63) is 29.6 Å². The number of hydrogen-bond donors (Lipinski definition) is 2. The first kappa shape index (κ1) is 15.4. The highest BCUT2D eigenvalue weighted by molar-refractivity contribution is 5.81. The molecule has 0 fully saturated rings. The first-order valence-electron chi connectivity index (χ1n) is 6.30. The summed E-state index contributed by atoms with van der Waals surface area (Å²) in [5.74, 6) is -0.286. The topological polar surface area (TPSA) is 50.4 Å². The lowest BCUT2D eigenvalue weighted by Crippen LogP contribution is -2.44. The number of rotatable bonds is 6. The maximum atomic E-state index is 13.9. The van der Waals surface area contributed by atoms with Gasteiger partial charge in [-0.15, -0.1) is 0 Å². The van der Waals surface area contributed by atoms with Crippen LogP contribution in [0.1, 0.15) is 26.3 Å². The lowest BCUT2D eigenvalue weighted by atomic mass is 10.2. The molecular formula is C14H21FN2O2. The van der Waals surface area contributed by atoms with Crippen molar-refractivity contribution in [3.8, 4) is 5.75 Å². The van der Waals surface area contributed by atoms with Crippen molar-refractivity contribution >= 4 is 5.91 Å². The molecule has 4 nitrogen and oxygen atoms in total. The van der Waals surface area contributed by atoms with Crippen molar-refractivity contribution in [3.63, 3.8) is 0 Å². The van der Waals surface area contributed by atoms with Crippen molar-refractivity contribution in [1.29, 1.82) is 0 Å². The Morgan fingerprint density at radius 3 is 2.63 bits per heavy atom. The summed E-state index contributed by atoms with van der Waals surface area (Å²) in [5.41, 5.74) is 0.476. The fourth-order valence-electron chi connectivity index (χ4n) is 1.62. The van der Waals surface area contributed by atoms with Crippen molar-refractivity contribution in [2.75, 3.05) is 7.11 Å². The van der Waals surface area contributed by atoms with E-state index in [0.717, 1.165) is 0 Å². The summed E-state index contributed by atoms with van der Waals surface area (Å²) in [6.45, 7) is 5.81. The molecule has 2 N–H and O–H groups in total. The van der Waals surface area contributed by atoms with E-state index in [9.17, 15) is 9.18 Å². The van der Waals surface area contributed by atoms with Gasteiger partial charge < -0.3 is 15.4 Å². The summed E-state index contributed by atoms with van der Waals surface area (Å²) in [7, 11) is 1.42. The normalized spacial score (nSPS) is 12.3. The Balaban J connectivity index is 2.59. The summed E-state index contributed by atoms with van der Waals surface area (Å²) in [6, 6.07) is 4.65. The minimum Gasteiger partial charge on any atom is -0.494 e. The van der Waals surface area contributed by atoms with E-state index in [1.54, 1.807) is 25.1 Å². The zero-order valence-electron chi connectivity index (χ0n) is 11.8. The van der Waals surface area contributed by atoms with Gasteiger partial charge in [0.25, 0.3) is 0 Å². The van der Waals surface area contributed by atoms with Gasteiger partial charge in [-0.2, -0.15) is 0 Å². The SMILES string of the molecule is COc1cccc(CNC(C)C(=O)NC(C)C)c1F. The number of carbonyl (C=O) groups is 1. The molecule has 0 bridgehead atoms. The number of benzene rings is 1. The first-order valence-corrected chi connectivity index (χ1v) is 6.30. The van der Waals surface area contributed by atoms with Crippen molar-refractivity contribution in [2.24, 2.45) is 0 Å². The highest BCUT2D eigenvalue weighted by Gasteiger charge is 2.14. The second-order valence-corrected chi connectivity index (χ2v) is 4.70. The van der Waals surface area contributed by atoms with Crippen molar-refractivity contribution in [1.82, 2.24) is 10.6 Å². The molecule has 1 aromatic rings. The molecule has 106 valence electrons. The third-order valence-corrected chi connectivity index (χ3v) is 2.69. The number of hydrogen-bond acceptors (Lipinski definition) is 3. The fourth-order valence-corrected chi connectivity index (χ4v) is 1.62. The molecule has 1 aromatic carbocycles. The van der Waals surface area contributed by atoms with E-state index in [2.05, 4.69) is 10.6 Å². The largest absolute Gasteiger partial charge is 0.494 e. The van der Waals surface area contributed by atoms with Crippen molar-refractivity contribution < 1.29 is 13.9 Å². The highest BCUT2D eigenvalue weighted by Crippen LogP contribution is 2.19. The zero-order valence-corrected chi connectivity index (χ0v) is 11.8. The van der Waals surface area contributed by atoms with Crippen LogP contribution in [0.5, 0.6) is 5.75 Å². The lowest BCUT2D eigenvalue weighted by Gasteiger charge is -2.16. The minimum absolute atomic E-state index is 0.0882. The number of carbonyl (C=O) groups excluding carboxylic acids is 1. The highest BCUT2D eigenvalue weighted by atomic mass is 19.1. The van der Waals surface area contributed by atoms with Crippen LogP contribution in [0.3, 0.4) is 0 Å². The lowest BCUT2D eigenvalue weighted by molar-refractivity contribution is -0.123. The molecule has 1 atom stereocenters. The molecule has 0 saturated carbocycles. The van der Waals surface area contributed by atoms with E-state index < -0.39 is 5.82 Å². The Hall–Kier alpha value is -1.62. The molecule has 0 radical (unpaired) electrons. The second kappa shape index (κ2) is 7.09. The Morgan fingerprint density at radius 2 is 2.05 bits per heavy atom. The van der Waals surface area contributed by atoms with Crippen LogP contribution in [0.25, 0.3) is 0 Å². The standard InChI is InChI=1S/C14H21FN2O2/c1-9(2)17-14(18)10(3)16-8-11-6-5-7-12(19-4)13(11)15/h5-7,9-10,16H,8H2,1-4H3,(H,17,18). The van der Waals surface area contributed by atoms with Gasteiger partial charge in [-0.05, 0) is 26.8 Å². The Labute approximate surface area is 113 Å². The van der Waals surface area contributed by atoms with Gasteiger partial charge in [-0.1, -0.05) is 12.1 Å². The summed E-state index contributed by atoms with van der Waals surface area (Å²) >= 11 is 0. The number of methoxy groups -OCH3 is 1. The summed E-state index contributed by atoms with van der Waals surface area (Å²) in [4.78, 5) is 11.7. The van der Waals surface area contributed by atoms with Crippen LogP contribution in [0.2, 0.25) is 0 Å². The van der Waals surface area contributed by atoms with Crippen LogP contribution < -0.4 is 15.4 Å². The van der Waals surface area contributed by atoms with Gasteiger partial charge in [0.2, 0.25) is 5.91 Å². The maximum absolute atomic E-state index is 13.9. The second-order valence-electron chi connectivity index (χ2n) is 4.70.